The summed E-state index contributed by atoms with van der Waals surface area (Å²) < 4.78 is 11.0. The Kier molecular flexibility index (Phi) is 3.54. The van der Waals surface area contributed by atoms with Crippen molar-refractivity contribution >= 4 is 23.3 Å². The van der Waals surface area contributed by atoms with Gasteiger partial charge in [-0.1, -0.05) is 29.4 Å². The van der Waals surface area contributed by atoms with Crippen molar-refractivity contribution in [2.24, 2.45) is 0 Å². The lowest BCUT2D eigenvalue weighted by Crippen LogP contribution is -2.47. The van der Waals surface area contributed by atoms with Gasteiger partial charge in [-0.3, -0.25) is 9.69 Å². The zero-order valence-electron chi connectivity index (χ0n) is 14.2. The van der Waals surface area contributed by atoms with Gasteiger partial charge in [0.05, 0.1) is 18.0 Å². The van der Waals surface area contributed by atoms with Gasteiger partial charge in [-0.2, -0.15) is 0 Å². The van der Waals surface area contributed by atoms with Crippen molar-refractivity contribution < 1.29 is 18.8 Å². The number of aromatic nitrogens is 1. The Morgan fingerprint density at radius 3 is 2.96 bits per heavy atom. The Morgan fingerprint density at radius 2 is 2.11 bits per heavy atom. The van der Waals surface area contributed by atoms with Crippen molar-refractivity contribution in [2.45, 2.75) is 18.5 Å². The lowest BCUT2D eigenvalue weighted by atomic mass is 9.84. The predicted octanol–water partition coefficient (Wildman–Crippen LogP) is 3.13. The lowest BCUT2D eigenvalue weighted by Gasteiger charge is -2.33. The fraction of sp³-hybridized carbons (Fsp3) is 0.211. The molecule has 2 aliphatic heterocycles. The van der Waals surface area contributed by atoms with Gasteiger partial charge in [-0.15, -0.1) is 11.3 Å². The summed E-state index contributed by atoms with van der Waals surface area (Å²) in [6, 6.07) is 12.5. The number of ether oxygens (including phenoxy) is 1. The molecule has 4 heterocycles. The number of urea groups is 1. The molecule has 3 aromatic rings. The van der Waals surface area contributed by atoms with E-state index in [-0.39, 0.29) is 12.5 Å². The monoisotopic (exact) mass is 381 g/mol. The minimum atomic E-state index is -1.08. The van der Waals surface area contributed by atoms with Crippen LogP contribution in [0.25, 0.3) is 10.6 Å². The maximum atomic E-state index is 13.2. The Morgan fingerprint density at radius 1 is 1.22 bits per heavy atom. The maximum absolute atomic E-state index is 13.2. The van der Waals surface area contributed by atoms with Gasteiger partial charge in [-0.25, -0.2) is 4.79 Å². The highest BCUT2D eigenvalue weighted by Crippen LogP contribution is 2.41. The number of benzene rings is 1. The Bertz CT molecular complexity index is 1030. The first-order chi connectivity index (χ1) is 13.2. The third-order valence-corrected chi connectivity index (χ3v) is 5.78. The lowest BCUT2D eigenvalue weighted by molar-refractivity contribution is -0.133. The number of hydrogen-bond donors (Lipinski definition) is 1. The van der Waals surface area contributed by atoms with E-state index in [1.807, 2.05) is 41.8 Å². The van der Waals surface area contributed by atoms with Crippen molar-refractivity contribution in [2.75, 3.05) is 6.61 Å². The highest BCUT2D eigenvalue weighted by molar-refractivity contribution is 7.13. The molecule has 1 aromatic carbocycles. The summed E-state index contributed by atoms with van der Waals surface area (Å²) in [5, 5.41) is 8.84. The van der Waals surface area contributed by atoms with Crippen molar-refractivity contribution in [3.05, 3.63) is 59.1 Å². The zero-order chi connectivity index (χ0) is 18.4. The van der Waals surface area contributed by atoms with Crippen molar-refractivity contribution in [3.63, 3.8) is 0 Å². The number of nitrogens with zero attached hydrogens (tertiary/aromatic N) is 2. The summed E-state index contributed by atoms with van der Waals surface area (Å²) >= 11 is 1.54. The third kappa shape index (κ3) is 2.44. The van der Waals surface area contributed by atoms with E-state index in [4.69, 9.17) is 9.26 Å². The molecule has 3 amide bonds. The quantitative estimate of drug-likeness (QED) is 0.705. The van der Waals surface area contributed by atoms with Gasteiger partial charge >= 0.3 is 6.03 Å². The molecular weight excluding hydrogens is 366 g/mol. The van der Waals surface area contributed by atoms with Gasteiger partial charge in [0.2, 0.25) is 0 Å². The fourth-order valence-electron chi connectivity index (χ4n) is 3.60. The second kappa shape index (κ2) is 5.95. The Hall–Kier alpha value is -3.13. The first-order valence-corrected chi connectivity index (χ1v) is 9.41. The van der Waals surface area contributed by atoms with Crippen molar-refractivity contribution in [3.8, 4) is 16.4 Å². The van der Waals surface area contributed by atoms with E-state index < -0.39 is 11.6 Å². The van der Waals surface area contributed by atoms with Crippen molar-refractivity contribution in [1.29, 1.82) is 0 Å². The first kappa shape index (κ1) is 16.1. The summed E-state index contributed by atoms with van der Waals surface area (Å²) in [6.07, 6.45) is 0.393. The molecule has 7 nitrogen and oxygen atoms in total. The van der Waals surface area contributed by atoms with Gasteiger partial charge < -0.3 is 14.6 Å². The molecular formula is C19H15N3O4S. The van der Waals surface area contributed by atoms with Crippen LogP contribution in [-0.4, -0.2) is 28.6 Å². The summed E-state index contributed by atoms with van der Waals surface area (Å²) in [6.45, 7) is 0.424. The molecule has 5 rings (SSSR count). The normalized spacial score (nSPS) is 21.3. The molecule has 0 saturated carbocycles. The molecule has 2 aromatic heterocycles. The van der Waals surface area contributed by atoms with Crippen LogP contribution in [0, 0.1) is 0 Å². The zero-order valence-corrected chi connectivity index (χ0v) is 15.0. The number of fused-ring (bicyclic) bond motifs is 2. The van der Waals surface area contributed by atoms with E-state index in [0.29, 0.717) is 35.8 Å². The number of amides is 3. The van der Waals surface area contributed by atoms with Crippen LogP contribution in [0.4, 0.5) is 4.79 Å². The highest BCUT2D eigenvalue weighted by atomic mass is 32.1. The summed E-state index contributed by atoms with van der Waals surface area (Å²) in [5.74, 6) is 0.961. The van der Waals surface area contributed by atoms with Crippen LogP contribution in [-0.2, 0) is 16.9 Å². The molecule has 0 bridgehead atoms. The van der Waals surface area contributed by atoms with Gasteiger partial charge in [0.1, 0.15) is 11.4 Å². The van der Waals surface area contributed by atoms with Crippen molar-refractivity contribution in [1.82, 2.24) is 15.4 Å². The molecule has 1 N–H and O–H groups in total. The smallest absolute Gasteiger partial charge is 0.325 e. The molecule has 1 atom stereocenters. The van der Waals surface area contributed by atoms with E-state index in [0.717, 1.165) is 4.88 Å². The Balaban J connectivity index is 1.44. The summed E-state index contributed by atoms with van der Waals surface area (Å²) in [4.78, 5) is 28.0. The minimum Gasteiger partial charge on any atom is -0.493 e. The van der Waals surface area contributed by atoms with Gasteiger partial charge in [0.15, 0.2) is 11.3 Å². The number of imide groups is 1. The SMILES string of the molecule is O=C1NC2(CCOc3ccccc32)C(=O)N1Cc1cc(-c2cccs2)on1. The molecule has 8 heteroatoms. The average molecular weight is 381 g/mol. The second-order valence-corrected chi connectivity index (χ2v) is 7.43. The van der Waals surface area contributed by atoms with E-state index in [1.165, 1.54) is 16.2 Å². The maximum Gasteiger partial charge on any atom is 0.325 e. The average Bonchev–Trinajstić information content (AvgIpc) is 3.40. The topological polar surface area (TPSA) is 84.7 Å². The molecule has 136 valence electrons. The number of hydrogen-bond acceptors (Lipinski definition) is 6. The largest absolute Gasteiger partial charge is 0.493 e. The van der Waals surface area contributed by atoms with Gasteiger partial charge in [0, 0.05) is 18.1 Å². The van der Waals surface area contributed by atoms with Crippen LogP contribution in [0.15, 0.2) is 52.4 Å². The van der Waals surface area contributed by atoms with Crippen LogP contribution in [0.1, 0.15) is 17.7 Å². The molecule has 1 saturated heterocycles. The molecule has 1 unspecified atom stereocenters. The first-order valence-electron chi connectivity index (χ1n) is 8.53. The van der Waals surface area contributed by atoms with Crippen LogP contribution < -0.4 is 10.1 Å². The molecule has 0 aliphatic carbocycles. The molecule has 1 spiro atoms. The van der Waals surface area contributed by atoms with E-state index in [1.54, 1.807) is 6.07 Å². The molecule has 1 fully saturated rings. The van der Waals surface area contributed by atoms with Crippen LogP contribution in [0.5, 0.6) is 5.75 Å². The number of nitrogens with one attached hydrogen (secondary N) is 1. The Labute approximate surface area is 158 Å². The molecule has 27 heavy (non-hydrogen) atoms. The second-order valence-electron chi connectivity index (χ2n) is 6.48. The summed E-state index contributed by atoms with van der Waals surface area (Å²) in [5.41, 5.74) is 0.141. The highest BCUT2D eigenvalue weighted by Gasteiger charge is 2.54. The number of carbonyl (C=O) groups excluding carboxylic acids is 2. The number of para-hydroxylation sites is 1. The van der Waals surface area contributed by atoms with Crippen LogP contribution >= 0.6 is 11.3 Å². The van der Waals surface area contributed by atoms with E-state index in [2.05, 4.69) is 10.5 Å². The number of carbonyl (C=O) groups is 2. The standard InChI is InChI=1S/C19H15N3O4S/c23-17-19(7-8-25-14-5-2-1-4-13(14)19)20-18(24)22(17)11-12-10-15(26-21-12)16-6-3-9-27-16/h1-6,9-10H,7-8,11H2,(H,20,24). The predicted molar refractivity (Wildman–Crippen MR) is 97.1 cm³/mol. The van der Waals surface area contributed by atoms with Gasteiger partial charge in [0.25, 0.3) is 5.91 Å². The van der Waals surface area contributed by atoms with E-state index in [9.17, 15) is 9.59 Å². The van der Waals surface area contributed by atoms with E-state index >= 15 is 0 Å². The third-order valence-electron chi connectivity index (χ3n) is 4.90. The number of rotatable bonds is 3. The summed E-state index contributed by atoms with van der Waals surface area (Å²) in [7, 11) is 0. The molecule has 2 aliphatic rings. The van der Waals surface area contributed by atoms with Crippen LogP contribution in [0.2, 0.25) is 0 Å². The molecule has 0 radical (unpaired) electrons. The fourth-order valence-corrected chi connectivity index (χ4v) is 4.27. The minimum absolute atomic E-state index is 0.0598. The van der Waals surface area contributed by atoms with Gasteiger partial charge in [-0.05, 0) is 17.5 Å². The van der Waals surface area contributed by atoms with Crippen LogP contribution in [0.3, 0.4) is 0 Å². The number of thiophene rings is 1.